The number of rotatable bonds is 4. The van der Waals surface area contributed by atoms with Crippen LogP contribution in [0.4, 0.5) is 13.2 Å². The molecule has 1 fully saturated rings. The second-order valence-electron chi connectivity index (χ2n) is 3.56. The van der Waals surface area contributed by atoms with Gasteiger partial charge < -0.3 is 10.5 Å². The van der Waals surface area contributed by atoms with Crippen LogP contribution in [0.1, 0.15) is 0 Å². The highest BCUT2D eigenvalue weighted by Gasteiger charge is 2.34. The summed E-state index contributed by atoms with van der Waals surface area (Å²) in [7, 11) is -4.21. The van der Waals surface area contributed by atoms with Crippen LogP contribution < -0.4 is 10.5 Å². The first kappa shape index (κ1) is 15.6. The number of hydrogen-bond donors (Lipinski definition) is 2. The van der Waals surface area contributed by atoms with Crippen LogP contribution in [0, 0.1) is 0 Å². The van der Waals surface area contributed by atoms with Crippen molar-refractivity contribution >= 4 is 27.4 Å². The van der Waals surface area contributed by atoms with Gasteiger partial charge in [-0.1, -0.05) is 12.2 Å². The SMILES string of the molecule is NC(=S)C1CN(S(=O)(=O)NCC(F)(F)F)CCO1. The smallest absolute Gasteiger partial charge is 0.391 e. The van der Waals surface area contributed by atoms with Crippen molar-refractivity contribution in [2.75, 3.05) is 26.2 Å². The van der Waals surface area contributed by atoms with Crippen molar-refractivity contribution in [1.82, 2.24) is 9.03 Å². The minimum Gasteiger partial charge on any atom is -0.391 e. The summed E-state index contributed by atoms with van der Waals surface area (Å²) in [5.74, 6) is 0. The second-order valence-corrected chi connectivity index (χ2v) is 5.79. The maximum absolute atomic E-state index is 11.9. The van der Waals surface area contributed by atoms with Gasteiger partial charge in [-0.05, 0) is 0 Å². The van der Waals surface area contributed by atoms with E-state index in [4.69, 9.17) is 10.5 Å². The molecule has 0 saturated carbocycles. The number of nitrogens with zero attached hydrogens (tertiary/aromatic N) is 1. The van der Waals surface area contributed by atoms with Gasteiger partial charge in [0.25, 0.3) is 10.2 Å². The van der Waals surface area contributed by atoms with Gasteiger partial charge in [0.05, 0.1) is 6.61 Å². The van der Waals surface area contributed by atoms with Crippen LogP contribution in [0.3, 0.4) is 0 Å². The summed E-state index contributed by atoms with van der Waals surface area (Å²) in [6, 6.07) is 0. The molecule has 1 saturated heterocycles. The highest BCUT2D eigenvalue weighted by Crippen LogP contribution is 2.14. The Bertz CT molecular complexity index is 412. The molecule has 0 bridgehead atoms. The third-order valence-corrected chi connectivity index (χ3v) is 3.92. The lowest BCUT2D eigenvalue weighted by Crippen LogP contribution is -2.53. The molecule has 0 amide bonds. The molecule has 3 N–H and O–H groups in total. The Hall–Kier alpha value is -0.490. The molecule has 0 aromatic rings. The van der Waals surface area contributed by atoms with Crippen LogP contribution >= 0.6 is 12.2 Å². The minimum atomic E-state index is -4.61. The van der Waals surface area contributed by atoms with E-state index in [1.165, 1.54) is 4.72 Å². The van der Waals surface area contributed by atoms with Gasteiger partial charge in [0.1, 0.15) is 17.6 Å². The van der Waals surface area contributed by atoms with E-state index >= 15 is 0 Å². The van der Waals surface area contributed by atoms with Gasteiger partial charge in [-0.2, -0.15) is 30.6 Å². The largest absolute Gasteiger partial charge is 0.402 e. The first-order valence-corrected chi connectivity index (χ1v) is 6.69. The molecular formula is C7H12F3N3O3S2. The Kier molecular flexibility index (Phi) is 4.89. The summed E-state index contributed by atoms with van der Waals surface area (Å²) >= 11 is 4.65. The maximum Gasteiger partial charge on any atom is 0.402 e. The molecule has 1 heterocycles. The Labute approximate surface area is 107 Å². The van der Waals surface area contributed by atoms with E-state index in [0.29, 0.717) is 0 Å². The fraction of sp³-hybridized carbons (Fsp3) is 0.857. The van der Waals surface area contributed by atoms with Crippen LogP contribution in [0.25, 0.3) is 0 Å². The number of thiocarbonyl (C=S) groups is 1. The molecular weight excluding hydrogens is 295 g/mol. The van der Waals surface area contributed by atoms with E-state index in [1.54, 1.807) is 0 Å². The zero-order valence-corrected chi connectivity index (χ0v) is 10.7. The van der Waals surface area contributed by atoms with Crippen LogP contribution in [-0.2, 0) is 14.9 Å². The highest BCUT2D eigenvalue weighted by atomic mass is 32.2. The molecule has 1 unspecified atom stereocenters. The van der Waals surface area contributed by atoms with Gasteiger partial charge in [0.2, 0.25) is 0 Å². The number of hydrogen-bond acceptors (Lipinski definition) is 4. The lowest BCUT2D eigenvalue weighted by Gasteiger charge is -2.31. The van der Waals surface area contributed by atoms with Gasteiger partial charge in [-0.15, -0.1) is 0 Å². The second kappa shape index (κ2) is 5.65. The van der Waals surface area contributed by atoms with Crippen LogP contribution in [0.5, 0.6) is 0 Å². The normalized spacial score (nSPS) is 22.9. The third-order valence-electron chi connectivity index (χ3n) is 2.14. The quantitative estimate of drug-likeness (QED) is 0.676. The van der Waals surface area contributed by atoms with Crippen LogP contribution in [0.15, 0.2) is 0 Å². The molecule has 1 atom stereocenters. The fourth-order valence-corrected chi connectivity index (χ4v) is 2.60. The molecule has 0 aromatic carbocycles. The minimum absolute atomic E-state index is 0.0228. The molecule has 0 spiro atoms. The molecule has 6 nitrogen and oxygen atoms in total. The van der Waals surface area contributed by atoms with Gasteiger partial charge in [0.15, 0.2) is 0 Å². The molecule has 11 heteroatoms. The average molecular weight is 307 g/mol. The Morgan fingerprint density at radius 2 is 2.17 bits per heavy atom. The van der Waals surface area contributed by atoms with E-state index < -0.39 is 29.0 Å². The van der Waals surface area contributed by atoms with Crippen molar-refractivity contribution in [2.45, 2.75) is 12.3 Å². The summed E-state index contributed by atoms with van der Waals surface area (Å²) in [6.07, 6.45) is -5.39. The zero-order valence-electron chi connectivity index (χ0n) is 9.11. The standard InChI is InChI=1S/C7H12F3N3O3S2/c8-7(9,10)4-12-18(14,15)13-1-2-16-5(3-13)6(11)17/h5,12H,1-4H2,(H2,11,17). The first-order valence-electron chi connectivity index (χ1n) is 4.84. The Morgan fingerprint density at radius 3 is 2.67 bits per heavy atom. The number of ether oxygens (including phenoxy) is 1. The highest BCUT2D eigenvalue weighted by molar-refractivity contribution is 7.87. The predicted octanol–water partition coefficient (Wildman–Crippen LogP) is -0.630. The lowest BCUT2D eigenvalue weighted by atomic mass is 10.3. The van der Waals surface area contributed by atoms with Crippen molar-refractivity contribution in [1.29, 1.82) is 0 Å². The monoisotopic (exact) mass is 307 g/mol. The first-order chi connectivity index (χ1) is 8.12. The molecule has 1 aliphatic heterocycles. The number of halogens is 3. The van der Waals surface area contributed by atoms with E-state index in [0.717, 1.165) is 4.31 Å². The summed E-state index contributed by atoms with van der Waals surface area (Å²) < 4.78 is 66.4. The summed E-state index contributed by atoms with van der Waals surface area (Å²) in [6.45, 7) is -1.84. The zero-order chi connectivity index (χ0) is 14.0. The fourth-order valence-electron chi connectivity index (χ4n) is 1.28. The molecule has 0 aliphatic carbocycles. The summed E-state index contributed by atoms with van der Waals surface area (Å²) in [5, 5.41) is 0. The van der Waals surface area contributed by atoms with Gasteiger partial charge in [-0.25, -0.2) is 0 Å². The van der Waals surface area contributed by atoms with Gasteiger partial charge >= 0.3 is 6.18 Å². The predicted molar refractivity (Wildman–Crippen MR) is 61.1 cm³/mol. The molecule has 1 rings (SSSR count). The summed E-state index contributed by atoms with van der Waals surface area (Å²) in [5.41, 5.74) is 5.30. The van der Waals surface area contributed by atoms with Crippen molar-refractivity contribution < 1.29 is 26.3 Å². The topological polar surface area (TPSA) is 84.7 Å². The van der Waals surface area contributed by atoms with Gasteiger partial charge in [0, 0.05) is 13.1 Å². The lowest BCUT2D eigenvalue weighted by molar-refractivity contribution is -0.121. The van der Waals surface area contributed by atoms with Crippen molar-refractivity contribution in [2.24, 2.45) is 5.73 Å². The van der Waals surface area contributed by atoms with E-state index in [-0.39, 0.29) is 24.7 Å². The Balaban J connectivity index is 2.64. The van der Waals surface area contributed by atoms with Gasteiger partial charge in [-0.3, -0.25) is 0 Å². The molecule has 106 valence electrons. The van der Waals surface area contributed by atoms with E-state index in [9.17, 15) is 21.6 Å². The number of alkyl halides is 3. The van der Waals surface area contributed by atoms with Crippen molar-refractivity contribution in [3.05, 3.63) is 0 Å². The molecule has 1 aliphatic rings. The summed E-state index contributed by atoms with van der Waals surface area (Å²) in [4.78, 5) is -0.0364. The van der Waals surface area contributed by atoms with Crippen molar-refractivity contribution in [3.8, 4) is 0 Å². The molecule has 18 heavy (non-hydrogen) atoms. The average Bonchev–Trinajstić information content (AvgIpc) is 2.26. The number of nitrogens with one attached hydrogen (secondary N) is 1. The molecule has 0 radical (unpaired) electrons. The molecule has 0 aromatic heterocycles. The van der Waals surface area contributed by atoms with Crippen LogP contribution in [-0.4, -0.2) is 56.2 Å². The number of morpholine rings is 1. The third kappa shape index (κ3) is 4.65. The Morgan fingerprint density at radius 1 is 1.56 bits per heavy atom. The van der Waals surface area contributed by atoms with Crippen LogP contribution in [0.2, 0.25) is 0 Å². The van der Waals surface area contributed by atoms with E-state index in [2.05, 4.69) is 12.2 Å². The number of nitrogens with two attached hydrogens (primary N) is 1. The maximum atomic E-state index is 11.9. The van der Waals surface area contributed by atoms with Crippen molar-refractivity contribution in [3.63, 3.8) is 0 Å². The van der Waals surface area contributed by atoms with E-state index in [1.807, 2.05) is 0 Å².